The summed E-state index contributed by atoms with van der Waals surface area (Å²) < 4.78 is 0. The topological polar surface area (TPSA) is 75.1 Å². The minimum atomic E-state index is -0.845. The number of hydrogen-bond acceptors (Lipinski definition) is 5. The molecule has 23 heavy (non-hydrogen) atoms. The molecule has 5 nitrogen and oxygen atoms in total. The van der Waals surface area contributed by atoms with Gasteiger partial charge in [-0.25, -0.2) is 14.8 Å². The lowest BCUT2D eigenvalue weighted by atomic mass is 9.89. The van der Waals surface area contributed by atoms with E-state index in [0.717, 1.165) is 23.1 Å². The molecule has 2 atom stereocenters. The Kier molecular flexibility index (Phi) is 4.27. The first-order valence-electron chi connectivity index (χ1n) is 8.15. The van der Waals surface area contributed by atoms with Gasteiger partial charge in [-0.15, -0.1) is 11.3 Å². The zero-order valence-corrected chi connectivity index (χ0v) is 14.8. The lowest BCUT2D eigenvalue weighted by Crippen LogP contribution is -2.34. The Labute approximate surface area is 140 Å². The summed E-state index contributed by atoms with van der Waals surface area (Å²) in [5.74, 6) is 1.19. The van der Waals surface area contributed by atoms with Crippen molar-refractivity contribution in [3.05, 3.63) is 16.3 Å². The van der Waals surface area contributed by atoms with Crippen molar-refractivity contribution < 1.29 is 9.90 Å². The molecule has 2 N–H and O–H groups in total. The summed E-state index contributed by atoms with van der Waals surface area (Å²) in [6, 6.07) is -0.648. The molecule has 2 heterocycles. The van der Waals surface area contributed by atoms with Crippen molar-refractivity contribution in [2.75, 3.05) is 5.32 Å². The van der Waals surface area contributed by atoms with Crippen LogP contribution in [-0.4, -0.2) is 27.1 Å². The predicted molar refractivity (Wildman–Crippen MR) is 93.2 cm³/mol. The Morgan fingerprint density at radius 2 is 2.13 bits per heavy atom. The van der Waals surface area contributed by atoms with Gasteiger partial charge in [-0.1, -0.05) is 20.8 Å². The van der Waals surface area contributed by atoms with Gasteiger partial charge in [-0.05, 0) is 43.6 Å². The maximum Gasteiger partial charge on any atom is 0.326 e. The van der Waals surface area contributed by atoms with Crippen LogP contribution in [0, 0.1) is 18.8 Å². The number of aryl methyl sites for hydroxylation is 2. The second-order valence-corrected chi connectivity index (χ2v) is 7.94. The summed E-state index contributed by atoms with van der Waals surface area (Å²) in [5, 5.41) is 13.7. The summed E-state index contributed by atoms with van der Waals surface area (Å²) in [5.41, 5.74) is 1.32. The molecule has 0 fully saturated rings. The van der Waals surface area contributed by atoms with Crippen LogP contribution in [0.2, 0.25) is 0 Å². The first kappa shape index (κ1) is 16.2. The Bertz CT molecular complexity index is 754. The highest BCUT2D eigenvalue weighted by atomic mass is 32.1. The Morgan fingerprint density at radius 1 is 1.39 bits per heavy atom. The first-order chi connectivity index (χ1) is 10.9. The number of nitrogens with zero attached hydrogens (tertiary/aromatic N) is 2. The van der Waals surface area contributed by atoms with Crippen LogP contribution in [0.1, 0.15) is 43.5 Å². The Hall–Kier alpha value is -1.69. The largest absolute Gasteiger partial charge is 0.480 e. The second kappa shape index (κ2) is 6.07. The van der Waals surface area contributed by atoms with Crippen LogP contribution < -0.4 is 5.32 Å². The molecule has 0 spiro atoms. The fraction of sp³-hybridized carbons (Fsp3) is 0.588. The van der Waals surface area contributed by atoms with Crippen molar-refractivity contribution in [3.8, 4) is 0 Å². The van der Waals surface area contributed by atoms with Crippen LogP contribution >= 0.6 is 11.3 Å². The van der Waals surface area contributed by atoms with E-state index in [9.17, 15) is 9.90 Å². The molecule has 0 saturated carbocycles. The van der Waals surface area contributed by atoms with E-state index in [-0.39, 0.29) is 5.92 Å². The SMILES string of the molecule is Cc1nc(NC(C(=O)O)C(C)C)c2c3c(sc2n1)CC(C)CC3. The Balaban J connectivity index is 2.11. The van der Waals surface area contributed by atoms with Gasteiger partial charge in [-0.2, -0.15) is 0 Å². The van der Waals surface area contributed by atoms with Gasteiger partial charge in [0.15, 0.2) is 0 Å². The summed E-state index contributed by atoms with van der Waals surface area (Å²) >= 11 is 1.74. The Morgan fingerprint density at radius 3 is 2.78 bits per heavy atom. The van der Waals surface area contributed by atoms with Crippen LogP contribution in [0.5, 0.6) is 0 Å². The molecule has 2 aromatic rings. The van der Waals surface area contributed by atoms with Gasteiger partial charge in [0.05, 0.1) is 5.39 Å². The average Bonchev–Trinajstić information content (AvgIpc) is 2.80. The molecule has 1 aliphatic rings. The van der Waals surface area contributed by atoms with Crippen LogP contribution in [0.25, 0.3) is 10.2 Å². The van der Waals surface area contributed by atoms with Gasteiger partial charge >= 0.3 is 5.97 Å². The van der Waals surface area contributed by atoms with Crippen molar-refractivity contribution in [2.24, 2.45) is 11.8 Å². The third-order valence-corrected chi connectivity index (χ3v) is 5.64. The van der Waals surface area contributed by atoms with Crippen LogP contribution in [0.3, 0.4) is 0 Å². The van der Waals surface area contributed by atoms with E-state index in [1.54, 1.807) is 11.3 Å². The first-order valence-corrected chi connectivity index (χ1v) is 8.96. The van der Waals surface area contributed by atoms with Crippen molar-refractivity contribution in [1.82, 2.24) is 9.97 Å². The van der Waals surface area contributed by atoms with E-state index in [1.165, 1.54) is 16.9 Å². The third kappa shape index (κ3) is 3.04. The fourth-order valence-electron chi connectivity index (χ4n) is 3.21. The molecular formula is C17H23N3O2S. The molecule has 0 amide bonds. The van der Waals surface area contributed by atoms with Gasteiger partial charge in [0.25, 0.3) is 0 Å². The maximum absolute atomic E-state index is 11.5. The van der Waals surface area contributed by atoms with Gasteiger partial charge in [-0.3, -0.25) is 0 Å². The van der Waals surface area contributed by atoms with E-state index in [1.807, 2.05) is 20.8 Å². The number of carboxylic acids is 1. The molecule has 2 aromatic heterocycles. The van der Waals surface area contributed by atoms with Crippen LogP contribution in [0.15, 0.2) is 0 Å². The molecular weight excluding hydrogens is 310 g/mol. The summed E-state index contributed by atoms with van der Waals surface area (Å²) in [7, 11) is 0. The van der Waals surface area contributed by atoms with E-state index >= 15 is 0 Å². The molecule has 0 bridgehead atoms. The molecule has 0 radical (unpaired) electrons. The number of rotatable bonds is 4. The number of thiophene rings is 1. The molecule has 0 aliphatic heterocycles. The predicted octanol–water partition coefficient (Wildman–Crippen LogP) is 3.65. The monoisotopic (exact) mass is 333 g/mol. The molecule has 3 rings (SSSR count). The normalized spacial score (nSPS) is 18.9. The quantitative estimate of drug-likeness (QED) is 0.893. The molecule has 124 valence electrons. The zero-order chi connectivity index (χ0) is 16.7. The number of carboxylic acid groups (broad SMARTS) is 1. The zero-order valence-electron chi connectivity index (χ0n) is 14.0. The summed E-state index contributed by atoms with van der Waals surface area (Å²) in [4.78, 5) is 23.0. The van der Waals surface area contributed by atoms with Crippen molar-refractivity contribution >= 4 is 33.3 Å². The van der Waals surface area contributed by atoms with Crippen LogP contribution in [0.4, 0.5) is 5.82 Å². The van der Waals surface area contributed by atoms with E-state index in [4.69, 9.17) is 0 Å². The molecule has 2 unspecified atom stereocenters. The standard InChI is InChI=1S/C17H23N3O2S/c1-8(2)14(17(21)22)20-15-13-11-6-5-9(3)7-12(11)23-16(13)19-10(4)18-15/h8-9,14H,5-7H2,1-4H3,(H,21,22)(H,18,19,20). The van der Waals surface area contributed by atoms with Crippen molar-refractivity contribution in [3.63, 3.8) is 0 Å². The molecule has 0 aromatic carbocycles. The maximum atomic E-state index is 11.5. The second-order valence-electron chi connectivity index (χ2n) is 6.86. The lowest BCUT2D eigenvalue weighted by Gasteiger charge is -2.21. The van der Waals surface area contributed by atoms with Gasteiger partial charge in [0.2, 0.25) is 0 Å². The van der Waals surface area contributed by atoms with Crippen LogP contribution in [-0.2, 0) is 17.6 Å². The number of fused-ring (bicyclic) bond motifs is 3. The summed E-state index contributed by atoms with van der Waals surface area (Å²) in [6.45, 7) is 7.95. The average molecular weight is 333 g/mol. The minimum Gasteiger partial charge on any atom is -0.480 e. The van der Waals surface area contributed by atoms with Gasteiger partial charge in [0, 0.05) is 4.88 Å². The van der Waals surface area contributed by atoms with Crippen molar-refractivity contribution in [1.29, 1.82) is 0 Å². The molecule has 0 saturated heterocycles. The number of anilines is 1. The highest BCUT2D eigenvalue weighted by Gasteiger charge is 2.27. The highest BCUT2D eigenvalue weighted by molar-refractivity contribution is 7.19. The smallest absolute Gasteiger partial charge is 0.326 e. The van der Waals surface area contributed by atoms with Gasteiger partial charge in [0.1, 0.15) is 22.5 Å². The van der Waals surface area contributed by atoms with E-state index in [0.29, 0.717) is 17.6 Å². The van der Waals surface area contributed by atoms with E-state index in [2.05, 4.69) is 22.2 Å². The molecule has 1 aliphatic carbocycles. The third-order valence-electron chi connectivity index (χ3n) is 4.49. The van der Waals surface area contributed by atoms with E-state index < -0.39 is 12.0 Å². The number of aliphatic carboxylic acids is 1. The number of hydrogen-bond donors (Lipinski definition) is 2. The minimum absolute atomic E-state index is 0.0210. The lowest BCUT2D eigenvalue weighted by molar-refractivity contribution is -0.138. The van der Waals surface area contributed by atoms with Gasteiger partial charge < -0.3 is 10.4 Å². The fourth-order valence-corrected chi connectivity index (χ4v) is 4.64. The highest BCUT2D eigenvalue weighted by Crippen LogP contribution is 2.40. The van der Waals surface area contributed by atoms with Crippen molar-refractivity contribution in [2.45, 2.75) is 53.0 Å². The summed E-state index contributed by atoms with van der Waals surface area (Å²) in [6.07, 6.45) is 3.27. The molecule has 6 heteroatoms. The number of nitrogens with one attached hydrogen (secondary N) is 1. The number of aromatic nitrogens is 2. The number of carbonyl (C=O) groups is 1.